The molecule has 2 aromatic heterocycles. The molecule has 0 fully saturated rings. The van der Waals surface area contributed by atoms with Crippen LogP contribution in [0, 0.1) is 0 Å². The van der Waals surface area contributed by atoms with Crippen molar-refractivity contribution in [3.63, 3.8) is 0 Å². The van der Waals surface area contributed by atoms with Gasteiger partial charge in [0.2, 0.25) is 5.88 Å². The van der Waals surface area contributed by atoms with E-state index in [1.165, 1.54) is 5.56 Å². The molecular weight excluding hydrogens is 350 g/mol. The van der Waals surface area contributed by atoms with Gasteiger partial charge in [0.1, 0.15) is 0 Å². The van der Waals surface area contributed by atoms with Gasteiger partial charge >= 0.3 is 0 Å². The molecule has 1 amide bonds. The normalized spacial score (nSPS) is 10.5. The number of hydrogen-bond acceptors (Lipinski definition) is 4. The number of anilines is 1. The van der Waals surface area contributed by atoms with Crippen molar-refractivity contribution >= 4 is 11.6 Å². The molecule has 0 unspecified atom stereocenters. The van der Waals surface area contributed by atoms with Gasteiger partial charge < -0.3 is 10.1 Å². The maximum absolute atomic E-state index is 12.4. The lowest BCUT2D eigenvalue weighted by atomic mass is 10.1. The van der Waals surface area contributed by atoms with Gasteiger partial charge in [-0.2, -0.15) is 0 Å². The van der Waals surface area contributed by atoms with Gasteiger partial charge in [-0.25, -0.2) is 4.98 Å². The predicted octanol–water partition coefficient (Wildman–Crippen LogP) is 5.43. The van der Waals surface area contributed by atoms with Gasteiger partial charge in [0.25, 0.3) is 5.91 Å². The van der Waals surface area contributed by atoms with E-state index >= 15 is 0 Å². The average Bonchev–Trinajstić information content (AvgIpc) is 2.74. The fourth-order valence-electron chi connectivity index (χ4n) is 2.82. The van der Waals surface area contributed by atoms with Crippen molar-refractivity contribution in [3.8, 4) is 11.6 Å². The van der Waals surface area contributed by atoms with Crippen LogP contribution >= 0.6 is 0 Å². The molecule has 28 heavy (non-hydrogen) atoms. The zero-order valence-corrected chi connectivity index (χ0v) is 16.3. The van der Waals surface area contributed by atoms with Crippen molar-refractivity contribution in [2.75, 3.05) is 5.32 Å². The highest BCUT2D eigenvalue weighted by atomic mass is 16.5. The maximum Gasteiger partial charge on any atom is 0.255 e. The summed E-state index contributed by atoms with van der Waals surface area (Å²) < 4.78 is 5.80. The Labute approximate surface area is 165 Å². The van der Waals surface area contributed by atoms with Crippen LogP contribution in [-0.4, -0.2) is 15.9 Å². The van der Waals surface area contributed by atoms with Gasteiger partial charge in [-0.1, -0.05) is 32.4 Å². The third-order valence-corrected chi connectivity index (χ3v) is 4.43. The molecule has 0 aliphatic rings. The fourth-order valence-corrected chi connectivity index (χ4v) is 2.82. The summed E-state index contributed by atoms with van der Waals surface area (Å²) in [5, 5.41) is 2.87. The topological polar surface area (TPSA) is 64.1 Å². The Morgan fingerprint density at radius 1 is 1.04 bits per heavy atom. The molecule has 2 heterocycles. The molecular formula is C23H25N3O2. The lowest BCUT2D eigenvalue weighted by molar-refractivity contribution is 0.102. The molecule has 0 saturated carbocycles. The average molecular weight is 375 g/mol. The summed E-state index contributed by atoms with van der Waals surface area (Å²) in [7, 11) is 0. The summed E-state index contributed by atoms with van der Waals surface area (Å²) in [5.41, 5.74) is 3.38. The number of aromatic nitrogens is 2. The molecule has 144 valence electrons. The Morgan fingerprint density at radius 2 is 1.86 bits per heavy atom. The number of carbonyl (C=O) groups is 1. The second-order valence-electron chi connectivity index (χ2n) is 6.54. The standard InChI is InChI=1S/C23H25N3O2/c1-3-5-7-17-9-11-18(12-10-17)23(27)26-19-13-14-22(25-16-19)28-21-8-6-15-24-20(21)4-2/h6,8-16H,3-5,7H2,1-2H3,(H,26,27). The third kappa shape index (κ3) is 5.16. The van der Waals surface area contributed by atoms with Crippen LogP contribution in [0.25, 0.3) is 0 Å². The number of rotatable bonds is 8. The minimum absolute atomic E-state index is 0.155. The molecule has 0 atom stereocenters. The summed E-state index contributed by atoms with van der Waals surface area (Å²) in [6, 6.07) is 15.0. The van der Waals surface area contributed by atoms with E-state index in [9.17, 15) is 4.79 Å². The number of carbonyl (C=O) groups excluding carboxylic acids is 1. The molecule has 0 spiro atoms. The molecule has 0 bridgehead atoms. The van der Waals surface area contributed by atoms with E-state index in [4.69, 9.17) is 4.74 Å². The second-order valence-corrected chi connectivity index (χ2v) is 6.54. The van der Waals surface area contributed by atoms with Crippen molar-refractivity contribution in [2.24, 2.45) is 0 Å². The first-order valence-corrected chi connectivity index (χ1v) is 9.67. The Morgan fingerprint density at radius 3 is 2.54 bits per heavy atom. The van der Waals surface area contributed by atoms with Crippen molar-refractivity contribution in [1.29, 1.82) is 0 Å². The lowest BCUT2D eigenvalue weighted by Gasteiger charge is -2.09. The van der Waals surface area contributed by atoms with Crippen molar-refractivity contribution in [1.82, 2.24) is 9.97 Å². The third-order valence-electron chi connectivity index (χ3n) is 4.43. The Kier molecular flexibility index (Phi) is 6.73. The number of pyridine rings is 2. The van der Waals surface area contributed by atoms with E-state index in [0.29, 0.717) is 22.9 Å². The van der Waals surface area contributed by atoms with Crippen LogP contribution in [0.15, 0.2) is 60.9 Å². The summed E-state index contributed by atoms with van der Waals surface area (Å²) in [6.07, 6.45) is 7.47. The largest absolute Gasteiger partial charge is 0.437 e. The lowest BCUT2D eigenvalue weighted by Crippen LogP contribution is -2.12. The SMILES string of the molecule is CCCCc1ccc(C(=O)Nc2ccc(Oc3cccnc3CC)nc2)cc1. The first-order valence-electron chi connectivity index (χ1n) is 9.67. The quantitative estimate of drug-likeness (QED) is 0.570. The smallest absolute Gasteiger partial charge is 0.255 e. The Bertz CT molecular complexity index is 906. The molecule has 5 heteroatoms. The van der Waals surface area contributed by atoms with E-state index < -0.39 is 0 Å². The van der Waals surface area contributed by atoms with Crippen LogP contribution in [0.4, 0.5) is 5.69 Å². The first kappa shape index (κ1) is 19.5. The van der Waals surface area contributed by atoms with E-state index in [-0.39, 0.29) is 5.91 Å². The van der Waals surface area contributed by atoms with Crippen LogP contribution in [0.2, 0.25) is 0 Å². The zero-order chi connectivity index (χ0) is 19.8. The molecule has 0 radical (unpaired) electrons. The van der Waals surface area contributed by atoms with Gasteiger partial charge in [0.15, 0.2) is 5.75 Å². The van der Waals surface area contributed by atoms with Gasteiger partial charge in [0.05, 0.1) is 17.6 Å². The summed E-state index contributed by atoms with van der Waals surface area (Å²) in [4.78, 5) is 21.0. The van der Waals surface area contributed by atoms with Gasteiger partial charge in [-0.3, -0.25) is 9.78 Å². The molecule has 1 N–H and O–H groups in total. The zero-order valence-electron chi connectivity index (χ0n) is 16.3. The minimum Gasteiger partial charge on any atom is -0.437 e. The highest BCUT2D eigenvalue weighted by molar-refractivity contribution is 6.04. The number of hydrogen-bond donors (Lipinski definition) is 1. The highest BCUT2D eigenvalue weighted by Crippen LogP contribution is 2.23. The number of ether oxygens (including phenoxy) is 1. The molecule has 0 aliphatic carbocycles. The van der Waals surface area contributed by atoms with Crippen molar-refractivity contribution in [2.45, 2.75) is 39.5 Å². The number of benzene rings is 1. The Hall–Kier alpha value is -3.21. The molecule has 5 nitrogen and oxygen atoms in total. The van der Waals surface area contributed by atoms with Gasteiger partial charge in [-0.15, -0.1) is 0 Å². The van der Waals surface area contributed by atoms with Crippen LogP contribution < -0.4 is 10.1 Å². The molecule has 0 aliphatic heterocycles. The first-order chi connectivity index (χ1) is 13.7. The van der Waals surface area contributed by atoms with Crippen LogP contribution in [0.1, 0.15) is 48.3 Å². The Balaban J connectivity index is 1.61. The molecule has 3 aromatic rings. The number of nitrogens with zero attached hydrogens (tertiary/aromatic N) is 2. The number of aryl methyl sites for hydroxylation is 2. The minimum atomic E-state index is -0.155. The van der Waals surface area contributed by atoms with E-state index in [1.807, 2.05) is 43.3 Å². The van der Waals surface area contributed by atoms with Crippen LogP contribution in [-0.2, 0) is 12.8 Å². The molecule has 1 aromatic carbocycles. The number of unbranched alkanes of at least 4 members (excludes halogenated alkanes) is 1. The monoisotopic (exact) mass is 375 g/mol. The second kappa shape index (κ2) is 9.65. The van der Waals surface area contributed by atoms with Gasteiger partial charge in [-0.05, 0) is 55.2 Å². The summed E-state index contributed by atoms with van der Waals surface area (Å²) >= 11 is 0. The van der Waals surface area contributed by atoms with Crippen molar-refractivity contribution in [3.05, 3.63) is 77.7 Å². The highest BCUT2D eigenvalue weighted by Gasteiger charge is 2.08. The molecule has 0 saturated heterocycles. The van der Waals surface area contributed by atoms with Crippen LogP contribution in [0.3, 0.4) is 0 Å². The van der Waals surface area contributed by atoms with Crippen LogP contribution in [0.5, 0.6) is 11.6 Å². The number of nitrogens with one attached hydrogen (secondary N) is 1. The summed E-state index contributed by atoms with van der Waals surface area (Å²) in [5.74, 6) is 0.997. The maximum atomic E-state index is 12.4. The summed E-state index contributed by atoms with van der Waals surface area (Å²) in [6.45, 7) is 4.20. The predicted molar refractivity (Wildman–Crippen MR) is 111 cm³/mol. The fraction of sp³-hybridized carbons (Fsp3) is 0.261. The van der Waals surface area contributed by atoms with Gasteiger partial charge in [0, 0.05) is 17.8 Å². The van der Waals surface area contributed by atoms with Crippen molar-refractivity contribution < 1.29 is 9.53 Å². The van der Waals surface area contributed by atoms with E-state index in [2.05, 4.69) is 22.2 Å². The van der Waals surface area contributed by atoms with E-state index in [0.717, 1.165) is 31.4 Å². The molecule has 3 rings (SSSR count). The number of amides is 1. The van der Waals surface area contributed by atoms with E-state index in [1.54, 1.807) is 24.5 Å².